The normalized spacial score (nSPS) is 11.2. The smallest absolute Gasteiger partial charge is 0.274 e. The van der Waals surface area contributed by atoms with E-state index in [0.29, 0.717) is 5.69 Å². The van der Waals surface area contributed by atoms with Crippen molar-refractivity contribution in [2.24, 2.45) is 0 Å². The Kier molecular flexibility index (Phi) is 4.20. The second kappa shape index (κ2) is 6.31. The van der Waals surface area contributed by atoms with Gasteiger partial charge in [-0.2, -0.15) is 0 Å². The average molecular weight is 342 g/mol. The quantitative estimate of drug-likeness (QED) is 0.502. The molecule has 3 N–H and O–H groups in total. The zero-order chi connectivity index (χ0) is 17.2. The molecule has 6 nitrogen and oxygen atoms in total. The van der Waals surface area contributed by atoms with Crippen molar-refractivity contribution in [1.82, 2.24) is 5.48 Å². The van der Waals surface area contributed by atoms with Crippen LogP contribution in [0.15, 0.2) is 71.6 Å². The van der Waals surface area contributed by atoms with Gasteiger partial charge >= 0.3 is 0 Å². The number of nitrogens with one attached hydrogen (secondary N) is 2. The summed E-state index contributed by atoms with van der Waals surface area (Å²) in [5.41, 5.74) is 2.05. The number of benzene rings is 3. The van der Waals surface area contributed by atoms with Crippen LogP contribution in [-0.2, 0) is 10.0 Å². The Labute approximate surface area is 138 Å². The number of carbonyl (C=O) groups excluding carboxylic acids is 1. The average Bonchev–Trinajstić information content (AvgIpc) is 2.61. The number of carbonyl (C=O) groups is 1. The number of anilines is 1. The van der Waals surface area contributed by atoms with Crippen molar-refractivity contribution < 1.29 is 18.4 Å². The number of hydrogen-bond donors (Lipinski definition) is 3. The van der Waals surface area contributed by atoms with Gasteiger partial charge in [-0.1, -0.05) is 30.3 Å². The van der Waals surface area contributed by atoms with Crippen LogP contribution in [0.1, 0.15) is 10.4 Å². The molecule has 0 saturated heterocycles. The summed E-state index contributed by atoms with van der Waals surface area (Å²) in [6.45, 7) is 0. The van der Waals surface area contributed by atoms with E-state index in [1.165, 1.54) is 35.8 Å². The molecule has 1 amide bonds. The van der Waals surface area contributed by atoms with Gasteiger partial charge in [-0.05, 0) is 47.2 Å². The van der Waals surface area contributed by atoms with Gasteiger partial charge in [0.05, 0.1) is 4.90 Å². The predicted octanol–water partition coefficient (Wildman–Crippen LogP) is 2.76. The van der Waals surface area contributed by atoms with Crippen LogP contribution in [0.25, 0.3) is 10.8 Å². The highest BCUT2D eigenvalue weighted by atomic mass is 32.2. The third-order valence-corrected chi connectivity index (χ3v) is 4.91. The first-order chi connectivity index (χ1) is 11.5. The zero-order valence-corrected chi connectivity index (χ0v) is 13.2. The lowest BCUT2D eigenvalue weighted by Gasteiger charge is -2.09. The molecule has 3 rings (SSSR count). The summed E-state index contributed by atoms with van der Waals surface area (Å²) in [5, 5.41) is 10.4. The summed E-state index contributed by atoms with van der Waals surface area (Å²) < 4.78 is 27.4. The Hall–Kier alpha value is -2.90. The lowest BCUT2D eigenvalue weighted by atomic mass is 10.1. The van der Waals surface area contributed by atoms with Crippen molar-refractivity contribution in [2.75, 3.05) is 4.72 Å². The van der Waals surface area contributed by atoms with E-state index in [-0.39, 0.29) is 10.5 Å². The molecule has 24 heavy (non-hydrogen) atoms. The van der Waals surface area contributed by atoms with Gasteiger partial charge in [0.2, 0.25) is 0 Å². The van der Waals surface area contributed by atoms with Gasteiger partial charge in [0, 0.05) is 11.3 Å². The first-order valence-electron chi connectivity index (χ1n) is 7.06. The minimum atomic E-state index is -3.74. The molecule has 0 aliphatic carbocycles. The molecule has 0 atom stereocenters. The Morgan fingerprint density at radius 3 is 2.21 bits per heavy atom. The van der Waals surface area contributed by atoms with E-state index in [1.54, 1.807) is 12.1 Å². The Morgan fingerprint density at radius 2 is 1.54 bits per heavy atom. The van der Waals surface area contributed by atoms with Crippen LogP contribution in [0.3, 0.4) is 0 Å². The third kappa shape index (κ3) is 3.22. The molecular formula is C17H14N2O4S. The monoisotopic (exact) mass is 342 g/mol. The van der Waals surface area contributed by atoms with E-state index in [2.05, 4.69) is 4.72 Å². The molecule has 0 aliphatic heterocycles. The summed E-state index contributed by atoms with van der Waals surface area (Å²) in [4.78, 5) is 11.4. The van der Waals surface area contributed by atoms with Crippen LogP contribution >= 0.6 is 0 Å². The van der Waals surface area contributed by atoms with Crippen molar-refractivity contribution in [2.45, 2.75) is 4.90 Å². The van der Waals surface area contributed by atoms with Gasteiger partial charge < -0.3 is 0 Å². The first kappa shape index (κ1) is 16.0. The molecule has 3 aromatic rings. The molecule has 0 bridgehead atoms. The summed E-state index contributed by atoms with van der Waals surface area (Å²) in [6.07, 6.45) is 0. The molecule has 0 unspecified atom stereocenters. The van der Waals surface area contributed by atoms with E-state index in [4.69, 9.17) is 5.21 Å². The van der Waals surface area contributed by atoms with E-state index < -0.39 is 15.9 Å². The number of sulfonamides is 1. The van der Waals surface area contributed by atoms with Gasteiger partial charge in [0.25, 0.3) is 15.9 Å². The fourth-order valence-electron chi connectivity index (χ4n) is 2.30. The SMILES string of the molecule is O=C(NO)c1ccc(NS(=O)(=O)c2ccc3ccccc3c2)cc1. The molecule has 0 aromatic heterocycles. The fraction of sp³-hybridized carbons (Fsp3) is 0. The van der Waals surface area contributed by atoms with Crippen LogP contribution < -0.4 is 10.2 Å². The van der Waals surface area contributed by atoms with Crippen LogP contribution in [-0.4, -0.2) is 19.5 Å². The van der Waals surface area contributed by atoms with Crippen molar-refractivity contribution >= 4 is 32.4 Å². The van der Waals surface area contributed by atoms with Gasteiger partial charge in [-0.3, -0.25) is 14.7 Å². The lowest BCUT2D eigenvalue weighted by Crippen LogP contribution is -2.18. The number of rotatable bonds is 4. The van der Waals surface area contributed by atoms with E-state index in [9.17, 15) is 13.2 Å². The second-order valence-corrected chi connectivity index (χ2v) is 6.82. The maximum Gasteiger partial charge on any atom is 0.274 e. The maximum atomic E-state index is 12.5. The molecule has 0 radical (unpaired) electrons. The van der Waals surface area contributed by atoms with Crippen LogP contribution in [0.2, 0.25) is 0 Å². The van der Waals surface area contributed by atoms with Crippen molar-refractivity contribution in [3.8, 4) is 0 Å². The minimum absolute atomic E-state index is 0.151. The van der Waals surface area contributed by atoms with Crippen LogP contribution in [0.5, 0.6) is 0 Å². The molecule has 7 heteroatoms. The van der Waals surface area contributed by atoms with Gasteiger partial charge in [-0.15, -0.1) is 0 Å². The van der Waals surface area contributed by atoms with E-state index in [0.717, 1.165) is 10.8 Å². The summed E-state index contributed by atoms with van der Waals surface area (Å²) in [5.74, 6) is -0.668. The number of fused-ring (bicyclic) bond motifs is 1. The molecule has 3 aromatic carbocycles. The highest BCUT2D eigenvalue weighted by Gasteiger charge is 2.15. The Bertz CT molecular complexity index is 999. The van der Waals surface area contributed by atoms with Crippen LogP contribution in [0.4, 0.5) is 5.69 Å². The molecule has 0 heterocycles. The Morgan fingerprint density at radius 1 is 0.875 bits per heavy atom. The minimum Gasteiger partial charge on any atom is -0.288 e. The van der Waals surface area contributed by atoms with Crippen LogP contribution in [0, 0.1) is 0 Å². The summed E-state index contributed by atoms with van der Waals surface area (Å²) in [6, 6.07) is 18.1. The highest BCUT2D eigenvalue weighted by Crippen LogP contribution is 2.21. The first-order valence-corrected chi connectivity index (χ1v) is 8.54. The van der Waals surface area contributed by atoms with Gasteiger partial charge in [0.15, 0.2) is 0 Å². The molecule has 122 valence electrons. The highest BCUT2D eigenvalue weighted by molar-refractivity contribution is 7.92. The summed E-state index contributed by atoms with van der Waals surface area (Å²) in [7, 11) is -3.74. The predicted molar refractivity (Wildman–Crippen MR) is 90.5 cm³/mol. The van der Waals surface area contributed by atoms with Crippen molar-refractivity contribution in [3.05, 3.63) is 72.3 Å². The van der Waals surface area contributed by atoms with Crippen molar-refractivity contribution in [3.63, 3.8) is 0 Å². The molecule has 0 saturated carbocycles. The molecule has 0 aliphatic rings. The second-order valence-electron chi connectivity index (χ2n) is 5.13. The summed E-state index contributed by atoms with van der Waals surface area (Å²) >= 11 is 0. The van der Waals surface area contributed by atoms with Crippen molar-refractivity contribution in [1.29, 1.82) is 0 Å². The lowest BCUT2D eigenvalue weighted by molar-refractivity contribution is 0.0706. The van der Waals surface area contributed by atoms with E-state index in [1.807, 2.05) is 24.3 Å². The van der Waals surface area contributed by atoms with Gasteiger partial charge in [-0.25, -0.2) is 13.9 Å². The number of hydroxylamine groups is 1. The fourth-order valence-corrected chi connectivity index (χ4v) is 3.40. The topological polar surface area (TPSA) is 95.5 Å². The zero-order valence-electron chi connectivity index (χ0n) is 12.4. The Balaban J connectivity index is 1.88. The molecule has 0 fully saturated rings. The number of hydrogen-bond acceptors (Lipinski definition) is 4. The number of amides is 1. The third-order valence-electron chi connectivity index (χ3n) is 3.53. The standard InChI is InChI=1S/C17H14N2O4S/c20-17(18-21)13-5-8-15(9-6-13)19-24(22,23)16-10-7-12-3-1-2-4-14(12)11-16/h1-11,19,21H,(H,18,20). The largest absolute Gasteiger partial charge is 0.288 e. The van der Waals surface area contributed by atoms with Gasteiger partial charge in [0.1, 0.15) is 0 Å². The maximum absolute atomic E-state index is 12.5. The molecule has 0 spiro atoms. The van der Waals surface area contributed by atoms with E-state index >= 15 is 0 Å². The molecular weight excluding hydrogens is 328 g/mol.